The summed E-state index contributed by atoms with van der Waals surface area (Å²) in [5, 5.41) is 2.57. The zero-order valence-corrected chi connectivity index (χ0v) is 8.45. The molecule has 0 amide bonds. The predicted octanol–water partition coefficient (Wildman–Crippen LogP) is -4.61. The Hall–Kier alpha value is 1.03. The van der Waals surface area contributed by atoms with Gasteiger partial charge in [0.05, 0.1) is 0 Å². The summed E-state index contributed by atoms with van der Waals surface area (Å²) in [6, 6.07) is 0. The largest absolute Gasteiger partial charge is 1.00 e. The van der Waals surface area contributed by atoms with Crippen molar-refractivity contribution < 1.29 is 40.5 Å². The molecule has 0 heterocycles. The molecule has 0 aromatic heterocycles. The summed E-state index contributed by atoms with van der Waals surface area (Å²) in [5.74, 6) is 0. The molecule has 0 aromatic rings. The average Bonchev–Trinajstić information content (AvgIpc) is 1.38. The fraction of sp³-hybridized carbons (Fsp3) is 0.500. The van der Waals surface area contributed by atoms with E-state index in [1.165, 1.54) is 0 Å². The van der Waals surface area contributed by atoms with E-state index in [0.29, 0.717) is 4.32 Å². The van der Waals surface area contributed by atoms with Crippen LogP contribution in [0.2, 0.25) is 0 Å². The Bertz CT molecular complexity index is 53.3. The Labute approximate surface area is 81.5 Å². The first-order valence-corrected chi connectivity index (χ1v) is 1.97. The summed E-state index contributed by atoms with van der Waals surface area (Å²) < 4.78 is 0.421. The van der Waals surface area contributed by atoms with Crippen LogP contribution in [0.4, 0.5) is 0 Å². The van der Waals surface area contributed by atoms with Crippen LogP contribution in [0.3, 0.4) is 0 Å². The first-order valence-electron chi connectivity index (χ1n) is 1.16. The quantitative estimate of drug-likeness (QED) is 0.223. The predicted molar refractivity (Wildman–Crippen MR) is 36.3 cm³/mol. The summed E-state index contributed by atoms with van der Waals surface area (Å²) >= 11 is 8.80. The molecule has 6 heteroatoms. The molecule has 0 aliphatic heterocycles. The Kier molecular flexibility index (Phi) is 45.1. The van der Waals surface area contributed by atoms with Crippen molar-refractivity contribution in [1.82, 2.24) is 5.32 Å². The second-order valence-electron chi connectivity index (χ2n) is 0.537. The van der Waals surface area contributed by atoms with Crippen molar-refractivity contribution >= 4 is 29.2 Å². The molecule has 0 rings (SSSR count). The summed E-state index contributed by atoms with van der Waals surface area (Å²) in [7, 11) is 1.70. The molecular weight excluding hydrogens is 157 g/mol. The molecular formula is C2H8NNaO2S2. The summed E-state index contributed by atoms with van der Waals surface area (Å²) in [4.78, 5) is 0. The van der Waals surface area contributed by atoms with E-state index in [4.69, 9.17) is 0 Å². The molecule has 0 aromatic carbocycles. The zero-order chi connectivity index (χ0) is 4.28. The van der Waals surface area contributed by atoms with E-state index in [0.717, 1.165) is 0 Å². The van der Waals surface area contributed by atoms with Gasteiger partial charge < -0.3 is 41.1 Å². The van der Waals surface area contributed by atoms with Crippen LogP contribution in [0, 0.1) is 0 Å². The number of rotatable bonds is 0. The number of hydrogen-bond donors (Lipinski definition) is 1. The van der Waals surface area contributed by atoms with E-state index in [1.807, 2.05) is 0 Å². The molecule has 0 bridgehead atoms. The third-order valence-electron chi connectivity index (χ3n) is 0.204. The second kappa shape index (κ2) is 15.7. The first-order chi connectivity index (χ1) is 2.27. The van der Waals surface area contributed by atoms with Crippen molar-refractivity contribution in [3.63, 3.8) is 0 Å². The third kappa shape index (κ3) is 27.8. The van der Waals surface area contributed by atoms with Gasteiger partial charge in [-0.05, 0) is 0 Å². The minimum Gasteiger partial charge on any atom is -0.412 e. The van der Waals surface area contributed by atoms with Crippen LogP contribution in [0.15, 0.2) is 0 Å². The van der Waals surface area contributed by atoms with Crippen LogP contribution in [-0.4, -0.2) is 22.3 Å². The van der Waals surface area contributed by atoms with E-state index in [9.17, 15) is 0 Å². The van der Waals surface area contributed by atoms with E-state index in [-0.39, 0.29) is 40.5 Å². The molecule has 5 N–H and O–H groups in total. The fourth-order valence-corrected chi connectivity index (χ4v) is 0. The van der Waals surface area contributed by atoms with Crippen LogP contribution in [0.25, 0.3) is 0 Å². The van der Waals surface area contributed by atoms with E-state index in [1.54, 1.807) is 7.05 Å². The summed E-state index contributed by atoms with van der Waals surface area (Å²) in [6.45, 7) is 0. The smallest absolute Gasteiger partial charge is 0.412 e. The Morgan fingerprint density at radius 1 is 1.50 bits per heavy atom. The van der Waals surface area contributed by atoms with Gasteiger partial charge >= 0.3 is 29.6 Å². The Morgan fingerprint density at radius 3 is 1.62 bits per heavy atom. The van der Waals surface area contributed by atoms with Gasteiger partial charge in [-0.3, -0.25) is 0 Å². The standard InChI is InChI=1S/C2H5NS2.Na.2H2O/c1-3-2(4)5;;;/h1H3,(H2,3,4,5);;2*1H2/q;+1;;/p-1. The van der Waals surface area contributed by atoms with Crippen molar-refractivity contribution in [2.45, 2.75) is 0 Å². The van der Waals surface area contributed by atoms with Gasteiger partial charge in [0.1, 0.15) is 0 Å². The molecule has 0 atom stereocenters. The maximum atomic E-state index is 4.40. The number of hydrogen-bond acceptors (Lipinski definition) is 2. The first kappa shape index (κ1) is 23.0. The molecule has 0 aliphatic rings. The van der Waals surface area contributed by atoms with Crippen LogP contribution >= 0.6 is 12.2 Å². The normalized spacial score (nSPS) is 4.12. The number of nitrogens with one attached hydrogen (secondary N) is 1. The fourth-order valence-electron chi connectivity index (χ4n) is 0. The van der Waals surface area contributed by atoms with E-state index < -0.39 is 0 Å². The van der Waals surface area contributed by atoms with Crippen molar-refractivity contribution in [3.05, 3.63) is 0 Å². The van der Waals surface area contributed by atoms with Crippen LogP contribution in [-0.2, 0) is 12.6 Å². The van der Waals surface area contributed by atoms with Gasteiger partial charge in [-0.25, -0.2) is 0 Å². The summed E-state index contributed by atoms with van der Waals surface area (Å²) in [5.41, 5.74) is 0. The van der Waals surface area contributed by atoms with Gasteiger partial charge in [0, 0.05) is 7.05 Å². The van der Waals surface area contributed by atoms with E-state index in [2.05, 4.69) is 30.2 Å². The molecule has 46 valence electrons. The van der Waals surface area contributed by atoms with Crippen LogP contribution in [0.1, 0.15) is 0 Å². The van der Waals surface area contributed by atoms with Crippen LogP contribution in [0.5, 0.6) is 0 Å². The molecule has 0 fully saturated rings. The maximum absolute atomic E-state index is 4.40. The molecule has 0 radical (unpaired) electrons. The topological polar surface area (TPSA) is 75.0 Å². The molecule has 0 saturated heterocycles. The molecule has 8 heavy (non-hydrogen) atoms. The average molecular weight is 165 g/mol. The van der Waals surface area contributed by atoms with Crippen molar-refractivity contribution in [1.29, 1.82) is 0 Å². The second-order valence-corrected chi connectivity index (χ2v) is 1.61. The molecule has 0 saturated carbocycles. The van der Waals surface area contributed by atoms with Gasteiger partial charge in [0.25, 0.3) is 0 Å². The monoisotopic (exact) mass is 165 g/mol. The molecule has 3 nitrogen and oxygen atoms in total. The number of thiocarbonyl (C=S) groups is 1. The Balaban J connectivity index is -0.0000000267. The SMILES string of the molecule is CNC(=S)[S-].O.O.[Na+]. The minimum absolute atomic E-state index is 0. The molecule has 0 spiro atoms. The van der Waals surface area contributed by atoms with Crippen molar-refractivity contribution in [3.8, 4) is 0 Å². The summed E-state index contributed by atoms with van der Waals surface area (Å²) in [6.07, 6.45) is 0. The Morgan fingerprint density at radius 2 is 1.62 bits per heavy atom. The van der Waals surface area contributed by atoms with Gasteiger partial charge in [0.2, 0.25) is 0 Å². The third-order valence-corrected chi connectivity index (χ3v) is 0.612. The zero-order valence-electron chi connectivity index (χ0n) is 4.82. The molecule has 0 unspecified atom stereocenters. The van der Waals surface area contributed by atoms with Crippen molar-refractivity contribution in [2.75, 3.05) is 7.05 Å². The van der Waals surface area contributed by atoms with Gasteiger partial charge in [-0.1, -0.05) is 4.32 Å². The van der Waals surface area contributed by atoms with Gasteiger partial charge in [-0.2, -0.15) is 0 Å². The molecule has 0 aliphatic carbocycles. The van der Waals surface area contributed by atoms with Crippen LogP contribution < -0.4 is 34.9 Å². The van der Waals surface area contributed by atoms with Crippen molar-refractivity contribution in [2.24, 2.45) is 0 Å². The maximum Gasteiger partial charge on any atom is 1.00 e. The van der Waals surface area contributed by atoms with Gasteiger partial charge in [-0.15, -0.1) is 0 Å². The minimum atomic E-state index is 0. The van der Waals surface area contributed by atoms with E-state index >= 15 is 0 Å². The van der Waals surface area contributed by atoms with Gasteiger partial charge in [0.15, 0.2) is 0 Å².